The van der Waals surface area contributed by atoms with Crippen LogP contribution in [0.15, 0.2) is 28.4 Å². The zero-order chi connectivity index (χ0) is 24.4. The van der Waals surface area contributed by atoms with Crippen molar-refractivity contribution in [1.82, 2.24) is 25.3 Å². The molecule has 2 N–H and O–H groups in total. The molecule has 0 aromatic carbocycles. The monoisotopic (exact) mass is 487 g/mol. The van der Waals surface area contributed by atoms with Gasteiger partial charge in [0.15, 0.2) is 12.0 Å². The summed E-state index contributed by atoms with van der Waals surface area (Å²) in [5.74, 6) is 5.50. The minimum Gasteiger partial charge on any atom is -0.356 e. The van der Waals surface area contributed by atoms with Crippen molar-refractivity contribution in [2.75, 3.05) is 36.1 Å². The van der Waals surface area contributed by atoms with Crippen LogP contribution >= 0.6 is 0 Å². The van der Waals surface area contributed by atoms with Crippen LogP contribution < -0.4 is 15.5 Å². The molecule has 2 aromatic heterocycles. The van der Waals surface area contributed by atoms with E-state index in [9.17, 15) is 9.47 Å². The maximum Gasteiger partial charge on any atom is 0.227 e. The molecular weight excluding hydrogens is 462 g/mol. The maximum absolute atomic E-state index is 12.8. The SMILES string of the molecule is C#Cc1cnc(C2=CCN(c3nc4c(c(NC5(C(=NC)NC#N)CCC5)n3)S(=O)CC4)CC2)nc1. The van der Waals surface area contributed by atoms with E-state index in [1.54, 1.807) is 19.4 Å². The third kappa shape index (κ3) is 4.24. The fraction of sp³-hybridized carbons (Fsp3) is 0.417. The van der Waals surface area contributed by atoms with E-state index in [-0.39, 0.29) is 0 Å². The minimum atomic E-state index is -1.16. The Kier molecular flexibility index (Phi) is 6.18. The molecule has 11 heteroatoms. The number of anilines is 2. The number of aliphatic imine (C=N–C) groups is 1. The second-order valence-corrected chi connectivity index (χ2v) is 10.2. The number of aromatic nitrogens is 4. The Morgan fingerprint density at radius 1 is 1.29 bits per heavy atom. The molecule has 1 atom stereocenters. The smallest absolute Gasteiger partial charge is 0.227 e. The quantitative estimate of drug-likeness (QED) is 0.212. The molecule has 0 radical (unpaired) electrons. The van der Waals surface area contributed by atoms with Gasteiger partial charge in [0.05, 0.1) is 27.6 Å². The number of nitrogens with one attached hydrogen (secondary N) is 2. The third-order valence-corrected chi connectivity index (χ3v) is 8.15. The summed E-state index contributed by atoms with van der Waals surface area (Å²) in [6.45, 7) is 1.32. The van der Waals surface area contributed by atoms with Crippen molar-refractivity contribution in [2.45, 2.75) is 42.5 Å². The second-order valence-electron chi connectivity index (χ2n) is 8.68. The molecule has 35 heavy (non-hydrogen) atoms. The van der Waals surface area contributed by atoms with Crippen LogP contribution in [0, 0.1) is 23.8 Å². The Morgan fingerprint density at radius 2 is 2.09 bits per heavy atom. The van der Waals surface area contributed by atoms with E-state index < -0.39 is 16.3 Å². The molecule has 3 aliphatic rings. The molecule has 5 rings (SSSR count). The molecular formula is C24H25N9OS. The fourth-order valence-electron chi connectivity index (χ4n) is 4.65. The zero-order valence-electron chi connectivity index (χ0n) is 19.4. The van der Waals surface area contributed by atoms with E-state index in [0.29, 0.717) is 59.1 Å². The van der Waals surface area contributed by atoms with Gasteiger partial charge < -0.3 is 10.2 Å². The Balaban J connectivity index is 1.43. The number of hydrogen-bond acceptors (Lipinski definition) is 9. The lowest BCUT2D eigenvalue weighted by Crippen LogP contribution is -2.56. The van der Waals surface area contributed by atoms with Crippen molar-refractivity contribution in [3.8, 4) is 18.5 Å². The first-order valence-corrected chi connectivity index (χ1v) is 12.8. The largest absolute Gasteiger partial charge is 0.356 e. The van der Waals surface area contributed by atoms with Crippen LogP contribution in [0.25, 0.3) is 5.57 Å². The van der Waals surface area contributed by atoms with E-state index in [2.05, 4.69) is 42.5 Å². The van der Waals surface area contributed by atoms with Gasteiger partial charge in [0.1, 0.15) is 16.5 Å². The molecule has 1 fully saturated rings. The van der Waals surface area contributed by atoms with Gasteiger partial charge in [0.25, 0.3) is 0 Å². The highest BCUT2D eigenvalue weighted by Crippen LogP contribution is 2.39. The Morgan fingerprint density at radius 3 is 2.69 bits per heavy atom. The molecule has 10 nitrogen and oxygen atoms in total. The van der Waals surface area contributed by atoms with Gasteiger partial charge in [-0.3, -0.25) is 14.5 Å². The maximum atomic E-state index is 12.8. The summed E-state index contributed by atoms with van der Waals surface area (Å²) in [4.78, 5) is 25.5. The first-order valence-electron chi connectivity index (χ1n) is 11.5. The first-order chi connectivity index (χ1) is 17.1. The molecule has 1 aliphatic carbocycles. The zero-order valence-corrected chi connectivity index (χ0v) is 20.2. The average Bonchev–Trinajstić information content (AvgIpc) is 3.26. The van der Waals surface area contributed by atoms with E-state index in [4.69, 9.17) is 16.4 Å². The first kappa shape index (κ1) is 22.9. The Labute approximate surface area is 206 Å². The van der Waals surface area contributed by atoms with Gasteiger partial charge in [0.2, 0.25) is 5.95 Å². The van der Waals surface area contributed by atoms with Crippen LogP contribution in [-0.2, 0) is 17.2 Å². The second kappa shape index (κ2) is 9.43. The molecule has 2 aromatic rings. The van der Waals surface area contributed by atoms with Crippen molar-refractivity contribution < 1.29 is 4.21 Å². The van der Waals surface area contributed by atoms with Crippen LogP contribution in [0.4, 0.5) is 11.8 Å². The van der Waals surface area contributed by atoms with Crippen LogP contribution in [0.5, 0.6) is 0 Å². The Hall–Kier alpha value is -3.83. The van der Waals surface area contributed by atoms with Crippen LogP contribution in [0.2, 0.25) is 0 Å². The average molecular weight is 488 g/mol. The summed E-state index contributed by atoms with van der Waals surface area (Å²) in [6, 6.07) is 0. The molecule has 2 aliphatic heterocycles. The van der Waals surface area contributed by atoms with Gasteiger partial charge in [-0.2, -0.15) is 10.2 Å². The summed E-state index contributed by atoms with van der Waals surface area (Å²) >= 11 is 0. The topological polar surface area (TPSA) is 132 Å². The van der Waals surface area contributed by atoms with Crippen molar-refractivity contribution in [3.63, 3.8) is 0 Å². The molecule has 0 bridgehead atoms. The minimum absolute atomic E-state index is 0.520. The van der Waals surface area contributed by atoms with Gasteiger partial charge in [-0.05, 0) is 31.3 Å². The molecule has 1 saturated carbocycles. The normalized spacial score (nSPS) is 20.7. The number of aryl methyl sites for hydroxylation is 1. The molecule has 1 unspecified atom stereocenters. The van der Waals surface area contributed by atoms with Gasteiger partial charge in [-0.1, -0.05) is 12.0 Å². The molecule has 4 heterocycles. The number of rotatable bonds is 5. The van der Waals surface area contributed by atoms with Crippen molar-refractivity contribution in [3.05, 3.63) is 35.6 Å². The van der Waals surface area contributed by atoms with Crippen molar-refractivity contribution >= 4 is 34.0 Å². The van der Waals surface area contributed by atoms with Gasteiger partial charge >= 0.3 is 0 Å². The highest BCUT2D eigenvalue weighted by molar-refractivity contribution is 7.85. The molecule has 0 saturated heterocycles. The number of fused-ring (bicyclic) bond motifs is 1. The standard InChI is InChI=1S/C24H25N9OS/c1-3-16-13-27-20(28-14-16)17-5-10-33(11-6-17)23-30-18-7-12-35(34)19(18)21(31-23)32-24(8-4-9-24)22(26-2)29-15-25/h1,5,13-14H,4,6-12H2,2H3,(H,26,29)(H,30,31,32). The van der Waals surface area contributed by atoms with Crippen LogP contribution in [-0.4, -0.2) is 61.4 Å². The molecule has 0 amide bonds. The lowest BCUT2D eigenvalue weighted by molar-refractivity contribution is 0.365. The number of hydrogen-bond donors (Lipinski definition) is 2. The van der Waals surface area contributed by atoms with E-state index >= 15 is 0 Å². The Bertz CT molecular complexity index is 1320. The van der Waals surface area contributed by atoms with Crippen LogP contribution in [0.1, 0.15) is 42.8 Å². The summed E-state index contributed by atoms with van der Waals surface area (Å²) < 4.78 is 12.8. The highest BCUT2D eigenvalue weighted by atomic mass is 32.2. The highest BCUT2D eigenvalue weighted by Gasteiger charge is 2.44. The number of amidine groups is 1. The summed E-state index contributed by atoms with van der Waals surface area (Å²) in [5, 5.41) is 15.4. The molecule has 178 valence electrons. The van der Waals surface area contributed by atoms with E-state index in [0.717, 1.165) is 37.0 Å². The predicted molar refractivity (Wildman–Crippen MR) is 134 cm³/mol. The lowest BCUT2D eigenvalue weighted by atomic mass is 9.75. The van der Waals surface area contributed by atoms with Gasteiger partial charge in [0, 0.05) is 44.7 Å². The van der Waals surface area contributed by atoms with Crippen molar-refractivity contribution in [2.24, 2.45) is 4.99 Å². The van der Waals surface area contributed by atoms with Gasteiger partial charge in [-0.25, -0.2) is 15.0 Å². The predicted octanol–water partition coefficient (Wildman–Crippen LogP) is 1.64. The summed E-state index contributed by atoms with van der Waals surface area (Å²) in [7, 11) is 0.502. The van der Waals surface area contributed by atoms with E-state index in [1.165, 1.54) is 0 Å². The number of nitriles is 1. The lowest BCUT2D eigenvalue weighted by Gasteiger charge is -2.43. The van der Waals surface area contributed by atoms with Crippen LogP contribution in [0.3, 0.4) is 0 Å². The number of terminal acetylenes is 1. The van der Waals surface area contributed by atoms with E-state index in [1.807, 2.05) is 6.19 Å². The third-order valence-electron chi connectivity index (χ3n) is 6.69. The van der Waals surface area contributed by atoms with Gasteiger partial charge in [-0.15, -0.1) is 6.42 Å². The molecule has 0 spiro atoms. The summed E-state index contributed by atoms with van der Waals surface area (Å²) in [6.07, 6.45) is 16.8. The summed E-state index contributed by atoms with van der Waals surface area (Å²) in [5.41, 5.74) is 2.01. The van der Waals surface area contributed by atoms with Crippen molar-refractivity contribution in [1.29, 1.82) is 5.26 Å². The fourth-order valence-corrected chi connectivity index (χ4v) is 5.96. The number of nitrogens with zero attached hydrogens (tertiary/aromatic N) is 7.